The maximum atomic E-state index is 5.43. The Kier molecular flexibility index (Phi) is 3.23. The van der Waals surface area contributed by atoms with Crippen LogP contribution in [0.5, 0.6) is 0 Å². The number of nitrogens with one attached hydrogen (secondary N) is 1. The van der Waals surface area contributed by atoms with Crippen LogP contribution in [0.4, 0.5) is 0 Å². The van der Waals surface area contributed by atoms with Gasteiger partial charge in [0.15, 0.2) is 3.77 Å². The van der Waals surface area contributed by atoms with Crippen LogP contribution in [0.15, 0.2) is 16.5 Å². The van der Waals surface area contributed by atoms with Crippen LogP contribution < -0.4 is 5.32 Å². The van der Waals surface area contributed by atoms with Gasteiger partial charge in [0.1, 0.15) is 5.76 Å². The molecular formula is C9H12INO2. The quantitative estimate of drug-likeness (QED) is 0.862. The SMILES string of the molecule is Ic1ccc(CNC2CCOC2)o1. The molecule has 1 aliphatic heterocycles. The van der Waals surface area contributed by atoms with Crippen LogP contribution in [0.25, 0.3) is 0 Å². The number of hydrogen-bond donors (Lipinski definition) is 1. The van der Waals surface area contributed by atoms with Crippen LogP contribution in [-0.4, -0.2) is 19.3 Å². The molecule has 0 bridgehead atoms. The molecule has 2 heterocycles. The second kappa shape index (κ2) is 4.43. The highest BCUT2D eigenvalue weighted by Gasteiger charge is 2.14. The number of halogens is 1. The summed E-state index contributed by atoms with van der Waals surface area (Å²) in [5, 5.41) is 3.39. The average molecular weight is 293 g/mol. The summed E-state index contributed by atoms with van der Waals surface area (Å²) in [4.78, 5) is 0. The van der Waals surface area contributed by atoms with Gasteiger partial charge in [0.25, 0.3) is 0 Å². The molecule has 0 radical (unpaired) electrons. The van der Waals surface area contributed by atoms with Gasteiger partial charge in [-0.2, -0.15) is 0 Å². The van der Waals surface area contributed by atoms with Crippen molar-refractivity contribution >= 4 is 22.6 Å². The molecule has 1 aromatic heterocycles. The van der Waals surface area contributed by atoms with Gasteiger partial charge in [-0.05, 0) is 41.1 Å². The molecule has 1 aliphatic rings. The van der Waals surface area contributed by atoms with E-state index in [4.69, 9.17) is 9.15 Å². The van der Waals surface area contributed by atoms with E-state index in [1.54, 1.807) is 0 Å². The lowest BCUT2D eigenvalue weighted by Crippen LogP contribution is -2.28. The van der Waals surface area contributed by atoms with E-state index in [0.717, 1.165) is 35.7 Å². The lowest BCUT2D eigenvalue weighted by Gasteiger charge is -2.07. The second-order valence-corrected chi connectivity index (χ2v) is 4.21. The summed E-state index contributed by atoms with van der Waals surface area (Å²) in [6.45, 7) is 2.52. The number of furan rings is 1. The Morgan fingerprint density at radius 1 is 1.54 bits per heavy atom. The van der Waals surface area contributed by atoms with Gasteiger partial charge < -0.3 is 14.5 Å². The first-order valence-corrected chi connectivity index (χ1v) is 5.48. The Bertz CT molecular complexity index is 268. The first-order chi connectivity index (χ1) is 6.34. The molecule has 13 heavy (non-hydrogen) atoms. The molecule has 0 saturated carbocycles. The van der Waals surface area contributed by atoms with Crippen LogP contribution >= 0.6 is 22.6 Å². The maximum absolute atomic E-state index is 5.43. The molecule has 1 aromatic rings. The Morgan fingerprint density at radius 2 is 2.46 bits per heavy atom. The lowest BCUT2D eigenvalue weighted by molar-refractivity contribution is 0.189. The molecule has 1 unspecified atom stereocenters. The summed E-state index contributed by atoms with van der Waals surface area (Å²) in [6.07, 6.45) is 1.11. The summed E-state index contributed by atoms with van der Waals surface area (Å²) >= 11 is 2.17. The van der Waals surface area contributed by atoms with Crippen LogP contribution in [0.1, 0.15) is 12.2 Å². The van der Waals surface area contributed by atoms with Gasteiger partial charge in [-0.25, -0.2) is 0 Å². The van der Waals surface area contributed by atoms with Gasteiger partial charge in [-0.1, -0.05) is 0 Å². The number of hydrogen-bond acceptors (Lipinski definition) is 3. The zero-order valence-corrected chi connectivity index (χ0v) is 9.41. The predicted octanol–water partition coefficient (Wildman–Crippen LogP) is 1.76. The van der Waals surface area contributed by atoms with Gasteiger partial charge in [0.2, 0.25) is 0 Å². The van der Waals surface area contributed by atoms with Crippen molar-refractivity contribution in [1.29, 1.82) is 0 Å². The van der Waals surface area contributed by atoms with E-state index in [1.165, 1.54) is 0 Å². The van der Waals surface area contributed by atoms with Crippen LogP contribution in [0, 0.1) is 3.77 Å². The fourth-order valence-electron chi connectivity index (χ4n) is 1.39. The molecule has 0 aliphatic carbocycles. The largest absolute Gasteiger partial charge is 0.454 e. The second-order valence-electron chi connectivity index (χ2n) is 3.15. The fourth-order valence-corrected chi connectivity index (χ4v) is 1.85. The smallest absolute Gasteiger partial charge is 0.164 e. The summed E-state index contributed by atoms with van der Waals surface area (Å²) in [7, 11) is 0. The summed E-state index contributed by atoms with van der Waals surface area (Å²) in [6, 6.07) is 4.48. The molecule has 0 amide bonds. The summed E-state index contributed by atoms with van der Waals surface area (Å²) in [5.41, 5.74) is 0. The molecule has 1 fully saturated rings. The van der Waals surface area contributed by atoms with Gasteiger partial charge >= 0.3 is 0 Å². The van der Waals surface area contributed by atoms with E-state index in [9.17, 15) is 0 Å². The molecule has 4 heteroatoms. The monoisotopic (exact) mass is 293 g/mol. The number of rotatable bonds is 3. The molecule has 1 atom stereocenters. The third-order valence-electron chi connectivity index (χ3n) is 2.12. The minimum Gasteiger partial charge on any atom is -0.454 e. The minimum atomic E-state index is 0.503. The van der Waals surface area contributed by atoms with Crippen molar-refractivity contribution < 1.29 is 9.15 Å². The Balaban J connectivity index is 1.78. The van der Waals surface area contributed by atoms with Gasteiger partial charge in [0, 0.05) is 12.6 Å². The van der Waals surface area contributed by atoms with Crippen molar-refractivity contribution in [3.8, 4) is 0 Å². The third-order valence-corrected chi connectivity index (χ3v) is 2.70. The maximum Gasteiger partial charge on any atom is 0.164 e. The Hall–Kier alpha value is -0.0700. The minimum absolute atomic E-state index is 0.503. The zero-order chi connectivity index (χ0) is 9.10. The van der Waals surface area contributed by atoms with E-state index >= 15 is 0 Å². The van der Waals surface area contributed by atoms with E-state index in [0.29, 0.717) is 6.04 Å². The van der Waals surface area contributed by atoms with Crippen molar-refractivity contribution in [1.82, 2.24) is 5.32 Å². The Labute approximate surface area is 91.0 Å². The van der Waals surface area contributed by atoms with Gasteiger partial charge in [0.05, 0.1) is 13.2 Å². The molecule has 2 rings (SSSR count). The average Bonchev–Trinajstić information content (AvgIpc) is 2.71. The van der Waals surface area contributed by atoms with Crippen LogP contribution in [-0.2, 0) is 11.3 Å². The summed E-state index contributed by atoms with van der Waals surface area (Å²) < 4.78 is 11.6. The predicted molar refractivity (Wildman–Crippen MR) is 57.5 cm³/mol. The first kappa shape index (κ1) is 9.48. The van der Waals surface area contributed by atoms with E-state index in [2.05, 4.69) is 27.9 Å². The first-order valence-electron chi connectivity index (χ1n) is 4.40. The van der Waals surface area contributed by atoms with Crippen molar-refractivity contribution in [3.05, 3.63) is 21.7 Å². The third kappa shape index (κ3) is 2.69. The van der Waals surface area contributed by atoms with Crippen LogP contribution in [0.2, 0.25) is 0 Å². The molecule has 3 nitrogen and oxygen atoms in total. The topological polar surface area (TPSA) is 34.4 Å². The van der Waals surface area contributed by atoms with Crippen molar-refractivity contribution in [2.24, 2.45) is 0 Å². The highest BCUT2D eigenvalue weighted by atomic mass is 127. The molecule has 1 N–H and O–H groups in total. The van der Waals surface area contributed by atoms with Gasteiger partial charge in [-0.15, -0.1) is 0 Å². The van der Waals surface area contributed by atoms with E-state index < -0.39 is 0 Å². The van der Waals surface area contributed by atoms with Crippen molar-refractivity contribution in [3.63, 3.8) is 0 Å². The van der Waals surface area contributed by atoms with E-state index in [1.807, 2.05) is 12.1 Å². The normalized spacial score (nSPS) is 22.4. The molecule has 0 aromatic carbocycles. The molecule has 0 spiro atoms. The lowest BCUT2D eigenvalue weighted by atomic mass is 10.2. The highest BCUT2D eigenvalue weighted by Crippen LogP contribution is 2.11. The Morgan fingerprint density at radius 3 is 3.08 bits per heavy atom. The highest BCUT2D eigenvalue weighted by molar-refractivity contribution is 14.1. The van der Waals surface area contributed by atoms with Crippen molar-refractivity contribution in [2.45, 2.75) is 19.0 Å². The molecule has 1 saturated heterocycles. The van der Waals surface area contributed by atoms with Crippen molar-refractivity contribution in [2.75, 3.05) is 13.2 Å². The molecule has 72 valence electrons. The zero-order valence-electron chi connectivity index (χ0n) is 7.25. The van der Waals surface area contributed by atoms with Gasteiger partial charge in [-0.3, -0.25) is 0 Å². The standard InChI is InChI=1S/C9H12INO2/c10-9-2-1-8(13-9)5-11-7-3-4-12-6-7/h1-2,7,11H,3-6H2. The number of ether oxygens (including phenoxy) is 1. The summed E-state index contributed by atoms with van der Waals surface area (Å²) in [5.74, 6) is 0.997. The van der Waals surface area contributed by atoms with E-state index in [-0.39, 0.29) is 0 Å². The molecular weight excluding hydrogens is 281 g/mol. The fraction of sp³-hybridized carbons (Fsp3) is 0.556. The van der Waals surface area contributed by atoms with Crippen LogP contribution in [0.3, 0.4) is 0 Å².